The lowest BCUT2D eigenvalue weighted by Gasteiger charge is -2.26. The molecule has 0 radical (unpaired) electrons. The number of aryl methyl sites for hydroxylation is 1. The molecule has 0 aromatic carbocycles. The van der Waals surface area contributed by atoms with Crippen LogP contribution in [0.5, 0.6) is 0 Å². The maximum absolute atomic E-state index is 12.0. The minimum Gasteiger partial charge on any atom is -0.344 e. The van der Waals surface area contributed by atoms with Crippen LogP contribution in [-0.4, -0.2) is 16.9 Å². The van der Waals surface area contributed by atoms with Crippen LogP contribution in [0.25, 0.3) is 0 Å². The normalized spacial score (nSPS) is 15.4. The van der Waals surface area contributed by atoms with Crippen molar-refractivity contribution in [2.45, 2.75) is 46.2 Å². The summed E-state index contributed by atoms with van der Waals surface area (Å²) >= 11 is 1.60. The van der Waals surface area contributed by atoms with Gasteiger partial charge in [0.1, 0.15) is 5.01 Å². The van der Waals surface area contributed by atoms with Crippen LogP contribution in [-0.2, 0) is 10.3 Å². The summed E-state index contributed by atoms with van der Waals surface area (Å²) in [4.78, 5) is 17.4. The first-order valence-electron chi connectivity index (χ1n) is 5.74. The van der Waals surface area contributed by atoms with E-state index in [1.54, 1.807) is 11.3 Å². The zero-order chi connectivity index (χ0) is 13.2. The number of carbonyl (C=O) groups is 1. The lowest BCUT2D eigenvalue weighted by molar-refractivity contribution is -0.126. The van der Waals surface area contributed by atoms with Gasteiger partial charge >= 0.3 is 0 Å². The van der Waals surface area contributed by atoms with Crippen LogP contribution in [0, 0.1) is 12.8 Å². The van der Waals surface area contributed by atoms with Gasteiger partial charge in [-0.25, -0.2) is 4.98 Å². The van der Waals surface area contributed by atoms with Crippen molar-refractivity contribution in [3.63, 3.8) is 0 Å². The number of hydrogen-bond donors (Lipinski definition) is 2. The van der Waals surface area contributed by atoms with Gasteiger partial charge in [0.15, 0.2) is 0 Å². The fraction of sp³-hybridized carbons (Fsp3) is 0.667. The van der Waals surface area contributed by atoms with E-state index in [4.69, 9.17) is 5.73 Å². The number of aromatic nitrogens is 1. The molecule has 0 bridgehead atoms. The average molecular weight is 255 g/mol. The van der Waals surface area contributed by atoms with Gasteiger partial charge in [0.2, 0.25) is 5.91 Å². The van der Waals surface area contributed by atoms with E-state index in [2.05, 4.69) is 10.3 Å². The van der Waals surface area contributed by atoms with Crippen molar-refractivity contribution in [2.24, 2.45) is 11.7 Å². The summed E-state index contributed by atoms with van der Waals surface area (Å²) in [7, 11) is 0. The molecule has 1 heterocycles. The van der Waals surface area contributed by atoms with Gasteiger partial charge in [-0.05, 0) is 27.7 Å². The SMILES string of the molecule is Cc1cnc(C(C)(C)NC(=O)C(C)C(C)N)s1. The molecule has 0 aliphatic heterocycles. The first kappa shape index (κ1) is 14.1. The largest absolute Gasteiger partial charge is 0.344 e. The first-order valence-corrected chi connectivity index (χ1v) is 6.56. The molecule has 0 spiro atoms. The molecule has 96 valence electrons. The number of rotatable bonds is 4. The third-order valence-corrected chi connectivity index (χ3v) is 4.03. The van der Waals surface area contributed by atoms with Crippen molar-refractivity contribution in [2.75, 3.05) is 0 Å². The van der Waals surface area contributed by atoms with Crippen molar-refractivity contribution in [3.8, 4) is 0 Å². The van der Waals surface area contributed by atoms with Gasteiger partial charge in [-0.15, -0.1) is 11.3 Å². The summed E-state index contributed by atoms with van der Waals surface area (Å²) in [6.07, 6.45) is 1.82. The second-order valence-electron chi connectivity index (χ2n) is 5.04. The van der Waals surface area contributed by atoms with Crippen LogP contribution in [0.4, 0.5) is 0 Å². The molecule has 17 heavy (non-hydrogen) atoms. The quantitative estimate of drug-likeness (QED) is 0.862. The number of amides is 1. The highest BCUT2D eigenvalue weighted by Crippen LogP contribution is 2.25. The first-order chi connectivity index (χ1) is 7.74. The van der Waals surface area contributed by atoms with E-state index in [0.29, 0.717) is 0 Å². The van der Waals surface area contributed by atoms with Gasteiger partial charge in [-0.2, -0.15) is 0 Å². The topological polar surface area (TPSA) is 68.0 Å². The van der Waals surface area contributed by atoms with Crippen LogP contribution in [0.15, 0.2) is 6.20 Å². The fourth-order valence-corrected chi connectivity index (χ4v) is 2.18. The van der Waals surface area contributed by atoms with Crippen molar-refractivity contribution in [1.29, 1.82) is 0 Å². The Labute approximate surface area is 107 Å². The fourth-order valence-electron chi connectivity index (χ4n) is 1.36. The zero-order valence-electron chi connectivity index (χ0n) is 11.1. The van der Waals surface area contributed by atoms with Crippen molar-refractivity contribution < 1.29 is 4.79 Å². The molecule has 3 N–H and O–H groups in total. The van der Waals surface area contributed by atoms with Gasteiger partial charge in [0.25, 0.3) is 0 Å². The van der Waals surface area contributed by atoms with Crippen LogP contribution in [0.2, 0.25) is 0 Å². The van der Waals surface area contributed by atoms with E-state index >= 15 is 0 Å². The summed E-state index contributed by atoms with van der Waals surface area (Å²) < 4.78 is 0. The summed E-state index contributed by atoms with van der Waals surface area (Å²) in [6.45, 7) is 9.59. The molecule has 0 aliphatic rings. The number of nitrogens with zero attached hydrogens (tertiary/aromatic N) is 1. The van der Waals surface area contributed by atoms with Gasteiger partial charge in [-0.3, -0.25) is 4.79 Å². The van der Waals surface area contributed by atoms with Gasteiger partial charge in [0, 0.05) is 23.0 Å². The van der Waals surface area contributed by atoms with Crippen LogP contribution < -0.4 is 11.1 Å². The third kappa shape index (κ3) is 3.51. The zero-order valence-corrected chi connectivity index (χ0v) is 11.9. The highest BCUT2D eigenvalue weighted by molar-refractivity contribution is 7.11. The Morgan fingerprint density at radius 2 is 2.12 bits per heavy atom. The molecule has 2 unspecified atom stereocenters. The van der Waals surface area contributed by atoms with Crippen LogP contribution >= 0.6 is 11.3 Å². The minimum atomic E-state index is -0.445. The second kappa shape index (κ2) is 5.14. The maximum Gasteiger partial charge on any atom is 0.225 e. The molecule has 1 rings (SSSR count). The van der Waals surface area contributed by atoms with Gasteiger partial charge in [0.05, 0.1) is 5.54 Å². The van der Waals surface area contributed by atoms with Crippen LogP contribution in [0.1, 0.15) is 37.6 Å². The second-order valence-corrected chi connectivity index (χ2v) is 6.27. The molecule has 0 aliphatic carbocycles. The Bertz CT molecular complexity index is 398. The smallest absolute Gasteiger partial charge is 0.225 e. The summed E-state index contributed by atoms with van der Waals surface area (Å²) in [6, 6.07) is -0.149. The Kier molecular flexibility index (Phi) is 4.27. The third-order valence-electron chi connectivity index (χ3n) is 2.79. The highest BCUT2D eigenvalue weighted by Gasteiger charge is 2.29. The van der Waals surface area contributed by atoms with E-state index in [-0.39, 0.29) is 17.9 Å². The Morgan fingerprint density at radius 1 is 1.53 bits per heavy atom. The van der Waals surface area contributed by atoms with Gasteiger partial charge in [-0.1, -0.05) is 6.92 Å². The predicted octanol–water partition coefficient (Wildman–Crippen LogP) is 1.79. The molecule has 0 saturated carbocycles. The van der Waals surface area contributed by atoms with E-state index in [0.717, 1.165) is 9.88 Å². The highest BCUT2D eigenvalue weighted by atomic mass is 32.1. The Morgan fingerprint density at radius 3 is 2.53 bits per heavy atom. The lowest BCUT2D eigenvalue weighted by atomic mass is 10.0. The van der Waals surface area contributed by atoms with E-state index in [1.807, 2.05) is 40.8 Å². The average Bonchev–Trinajstić information content (AvgIpc) is 2.63. The number of nitrogens with two attached hydrogens (primary N) is 1. The molecule has 1 amide bonds. The summed E-state index contributed by atoms with van der Waals surface area (Å²) in [5.74, 6) is -0.229. The maximum atomic E-state index is 12.0. The summed E-state index contributed by atoms with van der Waals surface area (Å²) in [5, 5.41) is 3.91. The van der Waals surface area contributed by atoms with Crippen molar-refractivity contribution >= 4 is 17.2 Å². The monoisotopic (exact) mass is 255 g/mol. The molecule has 0 saturated heterocycles. The van der Waals surface area contributed by atoms with Crippen molar-refractivity contribution in [1.82, 2.24) is 10.3 Å². The van der Waals surface area contributed by atoms with Gasteiger partial charge < -0.3 is 11.1 Å². The number of thiazole rings is 1. The Balaban J connectivity index is 2.76. The van der Waals surface area contributed by atoms with Crippen molar-refractivity contribution in [3.05, 3.63) is 16.1 Å². The molecule has 1 aromatic heterocycles. The minimum absolute atomic E-state index is 0.0298. The lowest BCUT2D eigenvalue weighted by Crippen LogP contribution is -2.47. The molecule has 4 nitrogen and oxygen atoms in total. The van der Waals surface area contributed by atoms with E-state index in [9.17, 15) is 4.79 Å². The molecular weight excluding hydrogens is 234 g/mol. The Hall–Kier alpha value is -0.940. The molecule has 1 aromatic rings. The number of nitrogens with one attached hydrogen (secondary N) is 1. The van der Waals surface area contributed by atoms with E-state index < -0.39 is 5.54 Å². The number of hydrogen-bond acceptors (Lipinski definition) is 4. The molecule has 5 heteroatoms. The molecule has 0 fully saturated rings. The number of carbonyl (C=O) groups excluding carboxylic acids is 1. The molecule has 2 atom stereocenters. The summed E-state index contributed by atoms with van der Waals surface area (Å²) in [5.41, 5.74) is 5.28. The standard InChI is InChI=1S/C12H21N3OS/c1-7-6-14-11(17-7)12(4,5)15-10(16)8(2)9(3)13/h6,8-9H,13H2,1-5H3,(H,15,16). The predicted molar refractivity (Wildman–Crippen MR) is 70.8 cm³/mol. The molecular formula is C12H21N3OS. The van der Waals surface area contributed by atoms with E-state index in [1.165, 1.54) is 0 Å². The van der Waals surface area contributed by atoms with Crippen LogP contribution in [0.3, 0.4) is 0 Å².